The summed E-state index contributed by atoms with van der Waals surface area (Å²) in [5, 5.41) is 0. The number of hydrogen-bond donors (Lipinski definition) is 1. The van der Waals surface area contributed by atoms with E-state index in [0.29, 0.717) is 13.2 Å². The monoisotopic (exact) mass is 223 g/mol. The van der Waals surface area contributed by atoms with Gasteiger partial charge in [0.2, 0.25) is 0 Å². The maximum Gasteiger partial charge on any atom is 0.119 e. The molecule has 0 spiro atoms. The van der Waals surface area contributed by atoms with Crippen molar-refractivity contribution < 1.29 is 9.47 Å². The van der Waals surface area contributed by atoms with Crippen LogP contribution >= 0.6 is 0 Å². The van der Waals surface area contributed by atoms with Crippen LogP contribution in [0.4, 0.5) is 0 Å². The lowest BCUT2D eigenvalue weighted by atomic mass is 10.2. The van der Waals surface area contributed by atoms with Gasteiger partial charge in [0, 0.05) is 6.54 Å². The fourth-order valence-corrected chi connectivity index (χ4v) is 1.57. The van der Waals surface area contributed by atoms with Crippen molar-refractivity contribution in [3.63, 3.8) is 0 Å². The first-order valence-corrected chi connectivity index (χ1v) is 5.74. The van der Waals surface area contributed by atoms with E-state index >= 15 is 0 Å². The second-order valence-corrected chi connectivity index (χ2v) is 3.81. The Kier molecular flexibility index (Phi) is 5.90. The highest BCUT2D eigenvalue weighted by Gasteiger charge is 2.05. The van der Waals surface area contributed by atoms with Crippen molar-refractivity contribution in [1.82, 2.24) is 0 Å². The second kappa shape index (κ2) is 7.25. The molecule has 0 aliphatic rings. The van der Waals surface area contributed by atoms with Crippen molar-refractivity contribution in [1.29, 1.82) is 0 Å². The Labute approximate surface area is 97.6 Å². The molecule has 16 heavy (non-hydrogen) atoms. The lowest BCUT2D eigenvalue weighted by Crippen LogP contribution is -2.23. The van der Waals surface area contributed by atoms with E-state index in [-0.39, 0.29) is 6.10 Å². The molecule has 0 aliphatic carbocycles. The highest BCUT2D eigenvalue weighted by molar-refractivity contribution is 5.27. The Morgan fingerprint density at radius 1 is 1.38 bits per heavy atom. The molecule has 3 nitrogen and oxygen atoms in total. The summed E-state index contributed by atoms with van der Waals surface area (Å²) >= 11 is 0. The second-order valence-electron chi connectivity index (χ2n) is 3.81. The van der Waals surface area contributed by atoms with Gasteiger partial charge in [0.05, 0.1) is 19.8 Å². The van der Waals surface area contributed by atoms with Gasteiger partial charge in [-0.15, -0.1) is 0 Å². The molecule has 1 atom stereocenters. The topological polar surface area (TPSA) is 44.5 Å². The van der Waals surface area contributed by atoms with Gasteiger partial charge in [-0.1, -0.05) is 25.5 Å². The first-order valence-electron chi connectivity index (χ1n) is 5.74. The van der Waals surface area contributed by atoms with Gasteiger partial charge in [-0.2, -0.15) is 0 Å². The zero-order valence-electron chi connectivity index (χ0n) is 10.1. The maximum absolute atomic E-state index is 5.74. The summed E-state index contributed by atoms with van der Waals surface area (Å²) < 4.78 is 10.9. The predicted octanol–water partition coefficient (Wildman–Crippen LogP) is 2.34. The van der Waals surface area contributed by atoms with Crippen LogP contribution < -0.4 is 10.5 Å². The Morgan fingerprint density at radius 2 is 2.19 bits per heavy atom. The van der Waals surface area contributed by atoms with Gasteiger partial charge in [-0.05, 0) is 24.1 Å². The van der Waals surface area contributed by atoms with Crippen LogP contribution in [0.25, 0.3) is 0 Å². The van der Waals surface area contributed by atoms with Crippen LogP contribution in [0.5, 0.6) is 5.75 Å². The van der Waals surface area contributed by atoms with Gasteiger partial charge in [0.15, 0.2) is 0 Å². The lowest BCUT2D eigenvalue weighted by Gasteiger charge is -2.15. The van der Waals surface area contributed by atoms with E-state index in [4.69, 9.17) is 15.2 Å². The minimum atomic E-state index is 0.163. The lowest BCUT2D eigenvalue weighted by molar-refractivity contribution is 0.0404. The average molecular weight is 223 g/mol. The predicted molar refractivity (Wildman–Crippen MR) is 65.5 cm³/mol. The number of benzene rings is 1. The first-order chi connectivity index (χ1) is 7.80. The molecule has 0 bridgehead atoms. The number of rotatable bonds is 7. The van der Waals surface area contributed by atoms with Crippen LogP contribution in [0, 0.1) is 0 Å². The third kappa shape index (κ3) is 4.21. The van der Waals surface area contributed by atoms with E-state index in [1.54, 1.807) is 7.11 Å². The van der Waals surface area contributed by atoms with Crippen molar-refractivity contribution in [3.05, 3.63) is 29.8 Å². The van der Waals surface area contributed by atoms with Crippen LogP contribution in [0.15, 0.2) is 24.3 Å². The highest BCUT2D eigenvalue weighted by atomic mass is 16.5. The minimum absolute atomic E-state index is 0.163. The van der Waals surface area contributed by atoms with Gasteiger partial charge in [0.1, 0.15) is 5.75 Å². The van der Waals surface area contributed by atoms with E-state index in [2.05, 4.69) is 6.92 Å². The number of nitrogens with two attached hydrogens (primary N) is 1. The molecule has 2 N–H and O–H groups in total. The third-order valence-electron chi connectivity index (χ3n) is 2.49. The van der Waals surface area contributed by atoms with Crippen molar-refractivity contribution in [2.24, 2.45) is 5.73 Å². The van der Waals surface area contributed by atoms with E-state index < -0.39 is 0 Å². The van der Waals surface area contributed by atoms with Crippen molar-refractivity contribution >= 4 is 0 Å². The molecule has 0 fully saturated rings. The molecule has 1 aromatic rings. The zero-order chi connectivity index (χ0) is 11.8. The number of methoxy groups -OCH3 is 1. The fraction of sp³-hybridized carbons (Fsp3) is 0.538. The molecule has 0 radical (unpaired) electrons. The van der Waals surface area contributed by atoms with E-state index in [9.17, 15) is 0 Å². The van der Waals surface area contributed by atoms with E-state index in [0.717, 1.165) is 24.2 Å². The van der Waals surface area contributed by atoms with Crippen molar-refractivity contribution in [2.75, 3.05) is 13.7 Å². The summed E-state index contributed by atoms with van der Waals surface area (Å²) in [6, 6.07) is 7.91. The summed E-state index contributed by atoms with van der Waals surface area (Å²) in [7, 11) is 1.67. The minimum Gasteiger partial charge on any atom is -0.497 e. The molecule has 1 aromatic carbocycles. The Bertz CT molecular complexity index is 302. The molecular formula is C13H21NO2. The molecule has 3 heteroatoms. The summed E-state index contributed by atoms with van der Waals surface area (Å²) in [5.41, 5.74) is 6.75. The molecule has 0 saturated carbocycles. The van der Waals surface area contributed by atoms with E-state index in [1.807, 2.05) is 24.3 Å². The largest absolute Gasteiger partial charge is 0.497 e. The normalized spacial score (nSPS) is 12.4. The molecule has 0 heterocycles. The Hall–Kier alpha value is -1.06. The molecule has 0 aromatic heterocycles. The molecular weight excluding hydrogens is 202 g/mol. The van der Waals surface area contributed by atoms with Gasteiger partial charge >= 0.3 is 0 Å². The zero-order valence-corrected chi connectivity index (χ0v) is 10.1. The molecule has 1 unspecified atom stereocenters. The fourth-order valence-electron chi connectivity index (χ4n) is 1.57. The number of hydrogen-bond acceptors (Lipinski definition) is 3. The quantitative estimate of drug-likeness (QED) is 0.771. The van der Waals surface area contributed by atoms with Crippen LogP contribution in [0.2, 0.25) is 0 Å². The Balaban J connectivity index is 2.46. The standard InChI is InChI=1S/C13H21NO2/c1-3-5-13(9-14)16-10-11-6-4-7-12(8-11)15-2/h4,6-8,13H,3,5,9-10,14H2,1-2H3. The smallest absolute Gasteiger partial charge is 0.119 e. The number of ether oxygens (including phenoxy) is 2. The summed E-state index contributed by atoms with van der Waals surface area (Å²) in [6.07, 6.45) is 2.27. The molecule has 0 amide bonds. The summed E-state index contributed by atoms with van der Waals surface area (Å²) in [4.78, 5) is 0. The average Bonchev–Trinajstić information content (AvgIpc) is 2.34. The van der Waals surface area contributed by atoms with Gasteiger partial charge in [-0.3, -0.25) is 0 Å². The summed E-state index contributed by atoms with van der Waals surface area (Å²) in [6.45, 7) is 3.31. The molecule has 0 saturated heterocycles. The van der Waals surface area contributed by atoms with Crippen LogP contribution in [0.3, 0.4) is 0 Å². The first kappa shape index (κ1) is 13.0. The van der Waals surface area contributed by atoms with Crippen molar-refractivity contribution in [3.8, 4) is 5.75 Å². The van der Waals surface area contributed by atoms with Crippen LogP contribution in [0.1, 0.15) is 25.3 Å². The summed E-state index contributed by atoms with van der Waals surface area (Å²) in [5.74, 6) is 0.862. The highest BCUT2D eigenvalue weighted by Crippen LogP contribution is 2.14. The third-order valence-corrected chi connectivity index (χ3v) is 2.49. The van der Waals surface area contributed by atoms with E-state index in [1.165, 1.54) is 0 Å². The van der Waals surface area contributed by atoms with Gasteiger partial charge in [0.25, 0.3) is 0 Å². The van der Waals surface area contributed by atoms with Crippen molar-refractivity contribution in [2.45, 2.75) is 32.5 Å². The molecule has 0 aliphatic heterocycles. The Morgan fingerprint density at radius 3 is 2.81 bits per heavy atom. The van der Waals surface area contributed by atoms with Gasteiger partial charge in [-0.25, -0.2) is 0 Å². The molecule has 90 valence electrons. The van der Waals surface area contributed by atoms with Gasteiger partial charge < -0.3 is 15.2 Å². The SMILES string of the molecule is CCCC(CN)OCc1cccc(OC)c1. The van der Waals surface area contributed by atoms with Crippen LogP contribution in [-0.4, -0.2) is 19.8 Å². The maximum atomic E-state index is 5.74. The molecule has 1 rings (SSSR count). The van der Waals surface area contributed by atoms with Crippen LogP contribution in [-0.2, 0) is 11.3 Å².